The molecule has 0 spiro atoms. The zero-order valence-electron chi connectivity index (χ0n) is 17.4. The van der Waals surface area contributed by atoms with Gasteiger partial charge in [0, 0.05) is 30.8 Å². The number of ether oxygens (including phenoxy) is 1. The van der Waals surface area contributed by atoms with E-state index in [4.69, 9.17) is 4.74 Å². The molecule has 29 heavy (non-hydrogen) atoms. The van der Waals surface area contributed by atoms with Crippen LogP contribution >= 0.6 is 0 Å². The zero-order valence-corrected chi connectivity index (χ0v) is 17.4. The number of nitrogens with zero attached hydrogens (tertiary/aromatic N) is 2. The van der Waals surface area contributed by atoms with Crippen LogP contribution in [0.5, 0.6) is 5.75 Å². The number of aromatic amines is 1. The van der Waals surface area contributed by atoms with Gasteiger partial charge in [0.15, 0.2) is 0 Å². The SMILES string of the molecule is CN1CCc2ccc(OCC3CCN(Cc4cc5ccccc5[nH]4)CC3)cc2C1. The number of H-pyrrole nitrogens is 1. The summed E-state index contributed by atoms with van der Waals surface area (Å²) in [4.78, 5) is 8.51. The molecule has 2 aliphatic rings. The number of likely N-dealkylation sites (tertiary alicyclic amines) is 1. The Bertz CT molecular complexity index is 938. The van der Waals surface area contributed by atoms with Crippen LogP contribution in [0.25, 0.3) is 10.9 Å². The lowest BCUT2D eigenvalue weighted by molar-refractivity contribution is 0.136. The zero-order chi connectivity index (χ0) is 19.6. The fraction of sp³-hybridized carbons (Fsp3) is 0.440. The third-order valence-electron chi connectivity index (χ3n) is 6.55. The Balaban J connectivity index is 1.11. The molecule has 1 N–H and O–H groups in total. The first-order valence-electron chi connectivity index (χ1n) is 10.9. The molecule has 1 aromatic heterocycles. The number of hydrogen-bond donors (Lipinski definition) is 1. The van der Waals surface area contributed by atoms with Crippen LogP contribution in [0.1, 0.15) is 29.7 Å². The van der Waals surface area contributed by atoms with Crippen molar-refractivity contribution in [2.75, 3.05) is 33.3 Å². The van der Waals surface area contributed by atoms with E-state index in [0.29, 0.717) is 5.92 Å². The van der Waals surface area contributed by atoms with Crippen LogP contribution in [-0.4, -0.2) is 48.1 Å². The van der Waals surface area contributed by atoms with Gasteiger partial charge in [-0.05, 0) is 86.1 Å². The van der Waals surface area contributed by atoms with Gasteiger partial charge in [-0.3, -0.25) is 4.90 Å². The summed E-state index contributed by atoms with van der Waals surface area (Å²) in [5.41, 5.74) is 5.48. The topological polar surface area (TPSA) is 31.5 Å². The summed E-state index contributed by atoms with van der Waals surface area (Å²) in [6.45, 7) is 6.36. The van der Waals surface area contributed by atoms with Crippen molar-refractivity contribution in [3.63, 3.8) is 0 Å². The summed E-state index contributed by atoms with van der Waals surface area (Å²) in [5.74, 6) is 1.70. The fourth-order valence-electron chi connectivity index (χ4n) is 4.75. The molecule has 0 saturated carbocycles. The molecule has 0 radical (unpaired) electrons. The second-order valence-corrected chi connectivity index (χ2v) is 8.83. The minimum Gasteiger partial charge on any atom is -0.493 e. The van der Waals surface area contributed by atoms with E-state index in [9.17, 15) is 0 Å². The Hall–Kier alpha value is -2.30. The van der Waals surface area contributed by atoms with Gasteiger partial charge in [0.1, 0.15) is 5.75 Å². The van der Waals surface area contributed by atoms with Crippen LogP contribution in [0.3, 0.4) is 0 Å². The molecule has 1 saturated heterocycles. The first-order valence-corrected chi connectivity index (χ1v) is 10.9. The number of hydrogen-bond acceptors (Lipinski definition) is 3. The van der Waals surface area contributed by atoms with Crippen molar-refractivity contribution in [3.05, 3.63) is 65.4 Å². The molecule has 0 amide bonds. The third kappa shape index (κ3) is 4.34. The second-order valence-electron chi connectivity index (χ2n) is 8.83. The molecule has 5 rings (SSSR count). The van der Waals surface area contributed by atoms with Crippen LogP contribution in [0, 0.1) is 5.92 Å². The van der Waals surface area contributed by atoms with E-state index in [1.54, 1.807) is 0 Å². The molecule has 4 heteroatoms. The minimum absolute atomic E-state index is 0.660. The molecule has 3 heterocycles. The van der Waals surface area contributed by atoms with Gasteiger partial charge < -0.3 is 14.6 Å². The van der Waals surface area contributed by atoms with E-state index in [1.807, 2.05) is 0 Å². The Labute approximate surface area is 173 Å². The van der Waals surface area contributed by atoms with Gasteiger partial charge in [-0.15, -0.1) is 0 Å². The normalized spacial score (nSPS) is 18.8. The van der Waals surface area contributed by atoms with Gasteiger partial charge in [-0.25, -0.2) is 0 Å². The average Bonchev–Trinajstić information content (AvgIpc) is 3.15. The molecule has 4 nitrogen and oxygen atoms in total. The maximum atomic E-state index is 6.20. The lowest BCUT2D eigenvalue weighted by Gasteiger charge is -2.31. The van der Waals surface area contributed by atoms with Crippen molar-refractivity contribution in [3.8, 4) is 5.75 Å². The Morgan fingerprint density at radius 2 is 1.86 bits per heavy atom. The Morgan fingerprint density at radius 3 is 2.72 bits per heavy atom. The first kappa shape index (κ1) is 18.7. The summed E-state index contributed by atoms with van der Waals surface area (Å²) >= 11 is 0. The number of piperidine rings is 1. The average molecular weight is 390 g/mol. The van der Waals surface area contributed by atoms with E-state index in [0.717, 1.165) is 51.5 Å². The minimum atomic E-state index is 0.660. The Kier molecular flexibility index (Phi) is 5.30. The van der Waals surface area contributed by atoms with Gasteiger partial charge >= 0.3 is 0 Å². The predicted molar refractivity (Wildman–Crippen MR) is 118 cm³/mol. The molecular weight excluding hydrogens is 358 g/mol. The summed E-state index contributed by atoms with van der Waals surface area (Å²) in [6.07, 6.45) is 3.59. The molecule has 3 aromatic rings. The molecule has 2 aliphatic heterocycles. The summed E-state index contributed by atoms with van der Waals surface area (Å²) in [5, 5.41) is 1.31. The molecule has 0 unspecified atom stereocenters. The molecular formula is C25H31N3O. The molecule has 1 fully saturated rings. The van der Waals surface area contributed by atoms with Gasteiger partial charge in [-0.1, -0.05) is 24.3 Å². The summed E-state index contributed by atoms with van der Waals surface area (Å²) < 4.78 is 6.20. The van der Waals surface area contributed by atoms with E-state index < -0.39 is 0 Å². The van der Waals surface area contributed by atoms with Crippen molar-refractivity contribution < 1.29 is 4.74 Å². The number of aromatic nitrogens is 1. The lowest BCUT2D eigenvalue weighted by Crippen LogP contribution is -2.35. The highest BCUT2D eigenvalue weighted by molar-refractivity contribution is 5.80. The maximum absolute atomic E-state index is 6.20. The van der Waals surface area contributed by atoms with Crippen molar-refractivity contribution in [2.45, 2.75) is 32.4 Å². The number of rotatable bonds is 5. The van der Waals surface area contributed by atoms with Crippen LogP contribution in [0.15, 0.2) is 48.5 Å². The van der Waals surface area contributed by atoms with E-state index in [2.05, 4.69) is 70.4 Å². The van der Waals surface area contributed by atoms with E-state index in [1.165, 1.54) is 40.6 Å². The van der Waals surface area contributed by atoms with Crippen LogP contribution in [-0.2, 0) is 19.5 Å². The first-order chi connectivity index (χ1) is 14.2. The highest BCUT2D eigenvalue weighted by Gasteiger charge is 2.21. The lowest BCUT2D eigenvalue weighted by atomic mass is 9.97. The largest absolute Gasteiger partial charge is 0.493 e. The highest BCUT2D eigenvalue weighted by Crippen LogP contribution is 2.25. The second kappa shape index (κ2) is 8.21. The monoisotopic (exact) mass is 389 g/mol. The molecule has 0 atom stereocenters. The summed E-state index contributed by atoms with van der Waals surface area (Å²) in [6, 6.07) is 17.5. The highest BCUT2D eigenvalue weighted by atomic mass is 16.5. The van der Waals surface area contributed by atoms with Crippen molar-refractivity contribution >= 4 is 10.9 Å². The number of likely N-dealkylation sites (N-methyl/N-ethyl adjacent to an activating group) is 1. The van der Waals surface area contributed by atoms with Crippen LogP contribution in [0.4, 0.5) is 0 Å². The smallest absolute Gasteiger partial charge is 0.119 e. The van der Waals surface area contributed by atoms with Crippen LogP contribution in [0.2, 0.25) is 0 Å². The van der Waals surface area contributed by atoms with Gasteiger partial charge in [0.2, 0.25) is 0 Å². The molecule has 152 valence electrons. The fourth-order valence-corrected chi connectivity index (χ4v) is 4.75. The summed E-state index contributed by atoms with van der Waals surface area (Å²) in [7, 11) is 2.19. The Morgan fingerprint density at radius 1 is 1.00 bits per heavy atom. The van der Waals surface area contributed by atoms with Crippen LogP contribution < -0.4 is 4.74 Å². The van der Waals surface area contributed by atoms with E-state index >= 15 is 0 Å². The number of fused-ring (bicyclic) bond motifs is 2. The molecule has 2 aromatic carbocycles. The predicted octanol–water partition coefficient (Wildman–Crippen LogP) is 4.45. The number of para-hydroxylation sites is 1. The van der Waals surface area contributed by atoms with Crippen molar-refractivity contribution in [1.29, 1.82) is 0 Å². The standard InChI is InChI=1S/C25H31N3O/c1-27-11-10-20-6-7-24(15-22(20)16-27)29-18-19-8-12-28(13-9-19)17-23-14-21-4-2-3-5-25(21)26-23/h2-7,14-15,19,26H,8-13,16-18H2,1H3. The van der Waals surface area contributed by atoms with Gasteiger partial charge in [-0.2, -0.15) is 0 Å². The van der Waals surface area contributed by atoms with E-state index in [-0.39, 0.29) is 0 Å². The third-order valence-corrected chi connectivity index (χ3v) is 6.55. The van der Waals surface area contributed by atoms with Gasteiger partial charge in [0.05, 0.1) is 6.61 Å². The quantitative estimate of drug-likeness (QED) is 0.700. The van der Waals surface area contributed by atoms with Gasteiger partial charge in [0.25, 0.3) is 0 Å². The molecule has 0 bridgehead atoms. The number of nitrogens with one attached hydrogen (secondary N) is 1. The van der Waals surface area contributed by atoms with Crippen molar-refractivity contribution in [1.82, 2.24) is 14.8 Å². The van der Waals surface area contributed by atoms with Crippen molar-refractivity contribution in [2.24, 2.45) is 5.92 Å². The number of benzene rings is 2. The maximum Gasteiger partial charge on any atom is 0.119 e. The molecule has 0 aliphatic carbocycles.